The first-order chi connectivity index (χ1) is 15.0. The molecule has 2 aliphatic rings. The van der Waals surface area contributed by atoms with Crippen LogP contribution in [0.5, 0.6) is 0 Å². The van der Waals surface area contributed by atoms with Crippen molar-refractivity contribution >= 4 is 40.9 Å². The number of carbonyl (C=O) groups excluding carboxylic acids is 3. The average molecular weight is 430 g/mol. The first-order valence-electron chi connectivity index (χ1n) is 10.6. The highest BCUT2D eigenvalue weighted by atomic mass is 16.2. The lowest BCUT2D eigenvalue weighted by Gasteiger charge is -2.40. The van der Waals surface area contributed by atoms with E-state index in [0.717, 1.165) is 38.4 Å². The normalized spacial score (nSPS) is 19.1. The lowest BCUT2D eigenvalue weighted by atomic mass is 9.88. The van der Waals surface area contributed by atoms with Gasteiger partial charge in [-0.2, -0.15) is 0 Å². The van der Waals surface area contributed by atoms with Crippen LogP contribution >= 0.6 is 0 Å². The number of imide groups is 2. The fraction of sp³-hybridized carbons (Fsp3) is 0.269. The van der Waals surface area contributed by atoms with E-state index < -0.39 is 17.8 Å². The van der Waals surface area contributed by atoms with Crippen LogP contribution in [0.25, 0.3) is 11.6 Å². The molecule has 2 aromatic carbocycles. The SMILES string of the molecule is CC1=CC(C)(C)N(C)c2ccc(/C=C3\C(=O)NC(=O)N(c4cc(C)cc(C)c4)C3=O)cc21. The number of allylic oxidation sites excluding steroid dienone is 1. The minimum atomic E-state index is -0.741. The number of benzene rings is 2. The van der Waals surface area contributed by atoms with Gasteiger partial charge in [0, 0.05) is 18.3 Å². The number of nitrogens with zero attached hydrogens (tertiary/aromatic N) is 2. The zero-order chi connectivity index (χ0) is 23.4. The maximum absolute atomic E-state index is 13.2. The molecule has 0 radical (unpaired) electrons. The van der Waals surface area contributed by atoms with Gasteiger partial charge in [0.1, 0.15) is 5.57 Å². The second-order valence-corrected chi connectivity index (χ2v) is 9.12. The standard InChI is InChI=1S/C26H27N3O3/c1-15-9-16(2)11-19(10-15)29-24(31)21(23(30)27-25(29)32)13-18-7-8-22-20(12-18)17(3)14-26(4,5)28(22)6/h7-14H,1-6H3,(H,27,30,32)/b21-13+. The van der Waals surface area contributed by atoms with E-state index in [1.165, 1.54) is 0 Å². The minimum Gasteiger partial charge on any atom is -0.366 e. The van der Waals surface area contributed by atoms with Gasteiger partial charge in [0.05, 0.1) is 11.2 Å². The van der Waals surface area contributed by atoms with E-state index in [1.807, 2.05) is 45.2 Å². The van der Waals surface area contributed by atoms with Crippen molar-refractivity contribution < 1.29 is 14.4 Å². The molecule has 0 bridgehead atoms. The monoisotopic (exact) mass is 429 g/mol. The minimum absolute atomic E-state index is 0.0742. The van der Waals surface area contributed by atoms with Crippen LogP contribution in [0.15, 0.2) is 48.0 Å². The van der Waals surface area contributed by atoms with Gasteiger partial charge in [-0.3, -0.25) is 14.9 Å². The Labute approximate surface area is 188 Å². The zero-order valence-electron chi connectivity index (χ0n) is 19.2. The second kappa shape index (κ2) is 7.48. The number of fused-ring (bicyclic) bond motifs is 1. The summed E-state index contributed by atoms with van der Waals surface area (Å²) in [4.78, 5) is 41.5. The van der Waals surface area contributed by atoms with Crippen LogP contribution in [-0.4, -0.2) is 30.4 Å². The molecule has 2 heterocycles. The van der Waals surface area contributed by atoms with Crippen LogP contribution in [-0.2, 0) is 9.59 Å². The smallest absolute Gasteiger partial charge is 0.335 e. The van der Waals surface area contributed by atoms with E-state index >= 15 is 0 Å². The maximum Gasteiger partial charge on any atom is 0.335 e. The molecular weight excluding hydrogens is 402 g/mol. The van der Waals surface area contributed by atoms with Gasteiger partial charge in [0.2, 0.25) is 0 Å². The second-order valence-electron chi connectivity index (χ2n) is 9.12. The summed E-state index contributed by atoms with van der Waals surface area (Å²) in [6.45, 7) is 10.2. The fourth-order valence-corrected chi connectivity index (χ4v) is 4.40. The van der Waals surface area contributed by atoms with Crippen LogP contribution in [0, 0.1) is 13.8 Å². The van der Waals surface area contributed by atoms with E-state index in [2.05, 4.69) is 37.1 Å². The molecule has 6 nitrogen and oxygen atoms in total. The quantitative estimate of drug-likeness (QED) is 0.559. The number of urea groups is 1. The molecule has 0 spiro atoms. The first-order valence-corrected chi connectivity index (χ1v) is 10.6. The van der Waals surface area contributed by atoms with Crippen molar-refractivity contribution in [3.63, 3.8) is 0 Å². The van der Waals surface area contributed by atoms with E-state index in [0.29, 0.717) is 5.69 Å². The molecule has 0 atom stereocenters. The van der Waals surface area contributed by atoms with Gasteiger partial charge in [0.15, 0.2) is 0 Å². The Hall–Kier alpha value is -3.67. The van der Waals surface area contributed by atoms with E-state index in [4.69, 9.17) is 0 Å². The Morgan fingerprint density at radius 1 is 0.938 bits per heavy atom. The molecule has 4 rings (SSSR count). The number of aryl methyl sites for hydroxylation is 2. The predicted octanol–water partition coefficient (Wildman–Crippen LogP) is 4.60. The van der Waals surface area contributed by atoms with Gasteiger partial charge in [0.25, 0.3) is 11.8 Å². The number of hydrogen-bond acceptors (Lipinski definition) is 4. The first kappa shape index (κ1) is 21.6. The van der Waals surface area contributed by atoms with Gasteiger partial charge in [-0.25, -0.2) is 9.69 Å². The van der Waals surface area contributed by atoms with Crippen LogP contribution in [0.4, 0.5) is 16.2 Å². The molecule has 0 unspecified atom stereocenters. The third-order valence-corrected chi connectivity index (χ3v) is 6.12. The number of carbonyl (C=O) groups is 3. The molecule has 2 aliphatic heterocycles. The number of likely N-dealkylation sites (N-methyl/N-ethyl adjacent to an activating group) is 1. The molecule has 0 saturated carbocycles. The lowest BCUT2D eigenvalue weighted by Crippen LogP contribution is -2.54. The highest BCUT2D eigenvalue weighted by Crippen LogP contribution is 2.38. The lowest BCUT2D eigenvalue weighted by molar-refractivity contribution is -0.122. The largest absolute Gasteiger partial charge is 0.366 e. The predicted molar refractivity (Wildman–Crippen MR) is 127 cm³/mol. The van der Waals surface area contributed by atoms with E-state index in [9.17, 15) is 14.4 Å². The molecule has 1 N–H and O–H groups in total. The van der Waals surface area contributed by atoms with Crippen molar-refractivity contribution in [1.29, 1.82) is 0 Å². The summed E-state index contributed by atoms with van der Waals surface area (Å²) in [7, 11) is 2.05. The van der Waals surface area contributed by atoms with Gasteiger partial charge < -0.3 is 4.90 Å². The van der Waals surface area contributed by atoms with Crippen molar-refractivity contribution in [2.45, 2.75) is 40.2 Å². The van der Waals surface area contributed by atoms with Gasteiger partial charge in [-0.15, -0.1) is 0 Å². The summed E-state index contributed by atoms with van der Waals surface area (Å²) < 4.78 is 0. The van der Waals surface area contributed by atoms with Crippen molar-refractivity contribution in [1.82, 2.24) is 5.32 Å². The van der Waals surface area contributed by atoms with Gasteiger partial charge in [-0.1, -0.05) is 18.2 Å². The van der Waals surface area contributed by atoms with Crippen molar-refractivity contribution in [3.8, 4) is 0 Å². The highest BCUT2D eigenvalue weighted by Gasteiger charge is 2.37. The van der Waals surface area contributed by atoms with Crippen LogP contribution in [0.1, 0.15) is 43.0 Å². The molecule has 1 fully saturated rings. The fourth-order valence-electron chi connectivity index (χ4n) is 4.40. The third kappa shape index (κ3) is 3.62. The maximum atomic E-state index is 13.2. The Balaban J connectivity index is 1.75. The molecule has 164 valence electrons. The summed E-state index contributed by atoms with van der Waals surface area (Å²) in [6, 6.07) is 10.6. The average Bonchev–Trinajstić information content (AvgIpc) is 2.68. The Kier molecular flexibility index (Phi) is 5.04. The summed E-state index contributed by atoms with van der Waals surface area (Å²) in [5, 5.41) is 2.30. The van der Waals surface area contributed by atoms with Crippen LogP contribution in [0.2, 0.25) is 0 Å². The summed E-state index contributed by atoms with van der Waals surface area (Å²) in [5.41, 5.74) is 6.09. The molecule has 4 amide bonds. The summed E-state index contributed by atoms with van der Waals surface area (Å²) >= 11 is 0. The molecule has 6 heteroatoms. The number of rotatable bonds is 2. The zero-order valence-corrected chi connectivity index (χ0v) is 19.2. The number of amides is 4. The highest BCUT2D eigenvalue weighted by molar-refractivity contribution is 6.39. The van der Waals surface area contributed by atoms with Gasteiger partial charge >= 0.3 is 6.03 Å². The van der Waals surface area contributed by atoms with Crippen molar-refractivity contribution in [2.75, 3.05) is 16.8 Å². The Bertz CT molecular complexity index is 1220. The van der Waals surface area contributed by atoms with E-state index in [-0.39, 0.29) is 11.1 Å². The Morgan fingerprint density at radius 2 is 1.59 bits per heavy atom. The molecule has 32 heavy (non-hydrogen) atoms. The summed E-state index contributed by atoms with van der Waals surface area (Å²) in [6.07, 6.45) is 3.75. The number of hydrogen-bond donors (Lipinski definition) is 1. The summed E-state index contributed by atoms with van der Waals surface area (Å²) in [5.74, 6) is -1.32. The molecule has 1 saturated heterocycles. The molecular formula is C26H27N3O3. The molecule has 0 aromatic heterocycles. The third-order valence-electron chi connectivity index (χ3n) is 6.12. The number of anilines is 2. The van der Waals surface area contributed by atoms with Crippen molar-refractivity contribution in [2.24, 2.45) is 0 Å². The van der Waals surface area contributed by atoms with Gasteiger partial charge in [-0.05, 0) is 87.2 Å². The van der Waals surface area contributed by atoms with Crippen LogP contribution in [0.3, 0.4) is 0 Å². The van der Waals surface area contributed by atoms with Crippen LogP contribution < -0.4 is 15.1 Å². The number of nitrogens with one attached hydrogen (secondary N) is 1. The molecule has 2 aromatic rings. The van der Waals surface area contributed by atoms with E-state index in [1.54, 1.807) is 18.2 Å². The van der Waals surface area contributed by atoms with Crippen molar-refractivity contribution in [3.05, 3.63) is 70.3 Å². The topological polar surface area (TPSA) is 69.7 Å². The molecule has 0 aliphatic carbocycles. The number of barbiturate groups is 1. The Morgan fingerprint density at radius 3 is 2.25 bits per heavy atom.